The molecule has 0 aliphatic carbocycles. The van der Waals surface area contributed by atoms with E-state index in [1.165, 1.54) is 23.2 Å². The van der Waals surface area contributed by atoms with E-state index in [4.69, 9.17) is 9.26 Å². The maximum atomic E-state index is 12.1. The van der Waals surface area contributed by atoms with Crippen LogP contribution in [-0.2, 0) is 27.4 Å². The molecule has 146 valence electrons. The highest BCUT2D eigenvalue weighted by molar-refractivity contribution is 7.14. The van der Waals surface area contributed by atoms with Gasteiger partial charge in [-0.15, -0.1) is 11.3 Å². The number of nitrogens with zero attached hydrogens (tertiary/aromatic N) is 3. The Morgan fingerprint density at radius 2 is 1.96 bits per heavy atom. The molecule has 3 rings (SSSR count). The van der Waals surface area contributed by atoms with Gasteiger partial charge in [0.05, 0.1) is 17.1 Å². The van der Waals surface area contributed by atoms with Crippen molar-refractivity contribution in [3.05, 3.63) is 58.4 Å². The molecule has 0 unspecified atom stereocenters. The summed E-state index contributed by atoms with van der Waals surface area (Å²) >= 11 is 1.33. The van der Waals surface area contributed by atoms with E-state index in [1.807, 2.05) is 44.2 Å². The molecule has 2 heterocycles. The molecule has 0 saturated carbocycles. The number of rotatable bonds is 7. The van der Waals surface area contributed by atoms with Crippen LogP contribution in [0.2, 0.25) is 0 Å². The van der Waals surface area contributed by atoms with Gasteiger partial charge in [0, 0.05) is 24.3 Å². The first-order valence-electron chi connectivity index (χ1n) is 8.83. The van der Waals surface area contributed by atoms with Gasteiger partial charge in [-0.25, -0.2) is 4.98 Å². The molecule has 0 fully saturated rings. The summed E-state index contributed by atoms with van der Waals surface area (Å²) in [5, 5.41) is 6.21. The molecule has 0 saturated heterocycles. The second kappa shape index (κ2) is 8.79. The fourth-order valence-corrected chi connectivity index (χ4v) is 3.65. The van der Waals surface area contributed by atoms with Crippen LogP contribution in [0.15, 0.2) is 40.2 Å². The molecule has 1 aromatic carbocycles. The van der Waals surface area contributed by atoms with E-state index in [2.05, 4.69) is 10.1 Å². The molecule has 0 spiro atoms. The number of aromatic nitrogens is 2. The minimum atomic E-state index is -0.318. The summed E-state index contributed by atoms with van der Waals surface area (Å²) in [6, 6.07) is 9.30. The SMILES string of the molecule is CC(=O)N(c1ccccc1)c1nc(COC(=O)CCc2c(C)noc2C)cs1. The molecule has 8 heteroatoms. The molecular formula is C20H21N3O4S. The highest BCUT2D eigenvalue weighted by Crippen LogP contribution is 2.28. The number of ether oxygens (including phenoxy) is 1. The number of thiazole rings is 1. The van der Waals surface area contributed by atoms with E-state index in [0.29, 0.717) is 17.2 Å². The highest BCUT2D eigenvalue weighted by Gasteiger charge is 2.18. The summed E-state index contributed by atoms with van der Waals surface area (Å²) in [6.07, 6.45) is 0.762. The second-order valence-electron chi connectivity index (χ2n) is 6.27. The number of carbonyl (C=O) groups is 2. The van der Waals surface area contributed by atoms with Crippen molar-refractivity contribution in [3.63, 3.8) is 0 Å². The average molecular weight is 399 g/mol. The van der Waals surface area contributed by atoms with E-state index in [1.54, 1.807) is 5.38 Å². The first kappa shape index (κ1) is 19.8. The Balaban J connectivity index is 1.58. The van der Waals surface area contributed by atoms with Crippen molar-refractivity contribution in [1.82, 2.24) is 10.1 Å². The summed E-state index contributed by atoms with van der Waals surface area (Å²) in [7, 11) is 0. The van der Waals surface area contributed by atoms with E-state index >= 15 is 0 Å². The summed E-state index contributed by atoms with van der Waals surface area (Å²) < 4.78 is 10.4. The lowest BCUT2D eigenvalue weighted by atomic mass is 10.1. The molecule has 0 aliphatic heterocycles. The zero-order chi connectivity index (χ0) is 20.1. The van der Waals surface area contributed by atoms with Crippen LogP contribution in [0, 0.1) is 13.8 Å². The Labute approximate surface area is 166 Å². The van der Waals surface area contributed by atoms with Gasteiger partial charge in [0.1, 0.15) is 12.4 Å². The zero-order valence-corrected chi connectivity index (χ0v) is 16.8. The third-order valence-electron chi connectivity index (χ3n) is 4.20. The molecule has 7 nitrogen and oxygen atoms in total. The van der Waals surface area contributed by atoms with Crippen molar-refractivity contribution >= 4 is 34.0 Å². The highest BCUT2D eigenvalue weighted by atomic mass is 32.1. The number of anilines is 2. The molecule has 3 aromatic rings. The van der Waals surface area contributed by atoms with Gasteiger partial charge in [-0.2, -0.15) is 0 Å². The first-order valence-corrected chi connectivity index (χ1v) is 9.71. The third-order valence-corrected chi connectivity index (χ3v) is 5.08. The number of hydrogen-bond donors (Lipinski definition) is 0. The van der Waals surface area contributed by atoms with Crippen molar-refractivity contribution in [2.75, 3.05) is 4.90 Å². The minimum Gasteiger partial charge on any atom is -0.459 e. The van der Waals surface area contributed by atoms with Crippen molar-refractivity contribution in [2.24, 2.45) is 0 Å². The van der Waals surface area contributed by atoms with E-state index in [0.717, 1.165) is 22.7 Å². The number of amides is 1. The topological polar surface area (TPSA) is 85.5 Å². The van der Waals surface area contributed by atoms with E-state index < -0.39 is 0 Å². The maximum absolute atomic E-state index is 12.1. The number of esters is 1. The Morgan fingerprint density at radius 3 is 2.61 bits per heavy atom. The molecule has 0 radical (unpaired) electrons. The van der Waals surface area contributed by atoms with Gasteiger partial charge in [-0.1, -0.05) is 23.4 Å². The predicted octanol–water partition coefficient (Wildman–Crippen LogP) is 4.11. The van der Waals surface area contributed by atoms with Gasteiger partial charge >= 0.3 is 5.97 Å². The normalized spacial score (nSPS) is 10.7. The number of carbonyl (C=O) groups excluding carboxylic acids is 2. The molecule has 0 N–H and O–H groups in total. The van der Waals surface area contributed by atoms with Crippen molar-refractivity contribution < 1.29 is 18.8 Å². The van der Waals surface area contributed by atoms with E-state index in [-0.39, 0.29) is 24.9 Å². The summed E-state index contributed by atoms with van der Waals surface area (Å²) in [6.45, 7) is 5.23. The molecule has 0 atom stereocenters. The van der Waals surface area contributed by atoms with Crippen molar-refractivity contribution in [3.8, 4) is 0 Å². The van der Waals surface area contributed by atoms with Crippen molar-refractivity contribution in [1.29, 1.82) is 0 Å². The fraction of sp³-hybridized carbons (Fsp3) is 0.300. The van der Waals surface area contributed by atoms with Crippen molar-refractivity contribution in [2.45, 2.75) is 40.2 Å². The summed E-state index contributed by atoms with van der Waals surface area (Å²) in [5.41, 5.74) is 3.08. The Hall–Kier alpha value is -3.00. The van der Waals surface area contributed by atoms with Crippen LogP contribution < -0.4 is 4.90 Å². The molecule has 2 aromatic heterocycles. The maximum Gasteiger partial charge on any atom is 0.306 e. The standard InChI is InChI=1S/C20H21N3O4S/c1-13-18(14(2)27-22-13)9-10-19(25)26-11-16-12-28-20(21-16)23(15(3)24)17-7-5-4-6-8-17/h4-8,12H,9-11H2,1-3H3. The van der Waals surface area contributed by atoms with Gasteiger partial charge in [0.2, 0.25) is 5.91 Å². The molecule has 28 heavy (non-hydrogen) atoms. The van der Waals surface area contributed by atoms with Crippen LogP contribution in [-0.4, -0.2) is 22.0 Å². The van der Waals surface area contributed by atoms with Gasteiger partial charge < -0.3 is 9.26 Å². The summed E-state index contributed by atoms with van der Waals surface area (Å²) in [4.78, 5) is 30.1. The van der Waals surface area contributed by atoms with Crippen LogP contribution in [0.1, 0.15) is 36.1 Å². The smallest absolute Gasteiger partial charge is 0.306 e. The minimum absolute atomic E-state index is 0.0669. The lowest BCUT2D eigenvalue weighted by molar-refractivity contribution is -0.145. The monoisotopic (exact) mass is 399 g/mol. The summed E-state index contributed by atoms with van der Waals surface area (Å²) in [5.74, 6) is 0.268. The zero-order valence-electron chi connectivity index (χ0n) is 16.0. The Kier molecular flexibility index (Phi) is 6.20. The fourth-order valence-electron chi connectivity index (χ4n) is 2.78. The second-order valence-corrected chi connectivity index (χ2v) is 7.11. The van der Waals surface area contributed by atoms with Gasteiger partial charge in [0.15, 0.2) is 5.13 Å². The van der Waals surface area contributed by atoms with E-state index in [9.17, 15) is 9.59 Å². The van der Waals surface area contributed by atoms with Gasteiger partial charge in [-0.3, -0.25) is 14.5 Å². The first-order chi connectivity index (χ1) is 13.5. The van der Waals surface area contributed by atoms with Crippen LogP contribution in [0.3, 0.4) is 0 Å². The lowest BCUT2D eigenvalue weighted by Gasteiger charge is -2.17. The van der Waals surface area contributed by atoms with Crippen LogP contribution >= 0.6 is 11.3 Å². The van der Waals surface area contributed by atoms with Gasteiger partial charge in [-0.05, 0) is 32.4 Å². The molecular weight excluding hydrogens is 378 g/mol. The largest absolute Gasteiger partial charge is 0.459 e. The molecule has 0 aliphatic rings. The molecule has 1 amide bonds. The van der Waals surface area contributed by atoms with Crippen LogP contribution in [0.4, 0.5) is 10.8 Å². The van der Waals surface area contributed by atoms with Crippen LogP contribution in [0.25, 0.3) is 0 Å². The Bertz CT molecular complexity index is 946. The van der Waals surface area contributed by atoms with Crippen LogP contribution in [0.5, 0.6) is 0 Å². The number of para-hydroxylation sites is 1. The predicted molar refractivity (Wildman–Crippen MR) is 105 cm³/mol. The quantitative estimate of drug-likeness (QED) is 0.556. The Morgan fingerprint density at radius 1 is 1.21 bits per heavy atom. The third kappa shape index (κ3) is 4.64. The number of benzene rings is 1. The number of aryl methyl sites for hydroxylation is 2. The molecule has 0 bridgehead atoms. The van der Waals surface area contributed by atoms with Gasteiger partial charge in [0.25, 0.3) is 0 Å². The average Bonchev–Trinajstić information content (AvgIpc) is 3.26. The number of hydrogen-bond acceptors (Lipinski definition) is 7. The lowest BCUT2D eigenvalue weighted by Crippen LogP contribution is -2.22.